The summed E-state index contributed by atoms with van der Waals surface area (Å²) >= 11 is 0. The summed E-state index contributed by atoms with van der Waals surface area (Å²) in [5.41, 5.74) is -0.0256. The van der Waals surface area contributed by atoms with Crippen molar-refractivity contribution >= 4 is 10.0 Å². The maximum absolute atomic E-state index is 13.1. The first-order valence-corrected chi connectivity index (χ1v) is 10.8. The fraction of sp³-hybridized carbons (Fsp3) is 0.706. The third-order valence-electron chi connectivity index (χ3n) is 6.29. The van der Waals surface area contributed by atoms with E-state index in [4.69, 9.17) is 4.98 Å². The summed E-state index contributed by atoms with van der Waals surface area (Å²) in [5, 5.41) is 7.67. The lowest BCUT2D eigenvalue weighted by Gasteiger charge is -2.28. The van der Waals surface area contributed by atoms with Crippen LogP contribution in [-0.2, 0) is 17.1 Å². The van der Waals surface area contributed by atoms with E-state index in [0.717, 1.165) is 50.2 Å². The van der Waals surface area contributed by atoms with Gasteiger partial charge in [0.25, 0.3) is 10.0 Å². The summed E-state index contributed by atoms with van der Waals surface area (Å²) in [6.45, 7) is 1.01. The highest BCUT2D eigenvalue weighted by atomic mass is 32.2. The molecule has 8 nitrogen and oxygen atoms in total. The minimum atomic E-state index is -3.58. The highest BCUT2D eigenvalue weighted by Gasteiger charge is 2.53. The third-order valence-corrected chi connectivity index (χ3v) is 7.99. The Balaban J connectivity index is 1.48. The van der Waals surface area contributed by atoms with Crippen molar-refractivity contribution in [1.82, 2.24) is 29.0 Å². The van der Waals surface area contributed by atoms with Crippen molar-refractivity contribution in [1.29, 1.82) is 0 Å². The van der Waals surface area contributed by atoms with Crippen LogP contribution in [-0.4, -0.2) is 50.5 Å². The van der Waals surface area contributed by atoms with Crippen LogP contribution < -0.4 is 0 Å². The van der Waals surface area contributed by atoms with Crippen LogP contribution in [0.25, 0.3) is 0 Å². The molecule has 1 saturated heterocycles. The molecular weight excluding hydrogens is 352 g/mol. The molecule has 2 aromatic heterocycles. The molecule has 9 heteroatoms. The van der Waals surface area contributed by atoms with E-state index in [1.165, 1.54) is 6.33 Å². The molecule has 1 aliphatic heterocycles. The van der Waals surface area contributed by atoms with Gasteiger partial charge in [0.1, 0.15) is 5.82 Å². The summed E-state index contributed by atoms with van der Waals surface area (Å²) in [7, 11) is -1.80. The van der Waals surface area contributed by atoms with E-state index < -0.39 is 10.0 Å². The molecule has 3 fully saturated rings. The Bertz CT molecular complexity index is 923. The zero-order valence-electron chi connectivity index (χ0n) is 14.9. The predicted molar refractivity (Wildman–Crippen MR) is 94.0 cm³/mol. The van der Waals surface area contributed by atoms with Crippen molar-refractivity contribution in [2.24, 2.45) is 12.5 Å². The van der Waals surface area contributed by atoms with Crippen LogP contribution in [0.5, 0.6) is 0 Å². The van der Waals surface area contributed by atoms with E-state index in [-0.39, 0.29) is 16.4 Å². The summed E-state index contributed by atoms with van der Waals surface area (Å²) in [5.74, 6) is 2.35. The Morgan fingerprint density at radius 2 is 2.04 bits per heavy atom. The van der Waals surface area contributed by atoms with Crippen LogP contribution in [0.1, 0.15) is 62.0 Å². The smallest absolute Gasteiger partial charge is 0.262 e. The second kappa shape index (κ2) is 5.63. The first-order chi connectivity index (χ1) is 12.5. The Morgan fingerprint density at radius 1 is 1.27 bits per heavy atom. The van der Waals surface area contributed by atoms with Crippen LogP contribution in [0.3, 0.4) is 0 Å². The lowest BCUT2D eigenvalue weighted by atomic mass is 9.76. The molecule has 2 saturated carbocycles. The van der Waals surface area contributed by atoms with Gasteiger partial charge in [0.15, 0.2) is 10.9 Å². The second-order valence-corrected chi connectivity index (χ2v) is 10.0. The number of sulfonamides is 1. The molecular formula is C17H24N6O2S. The lowest BCUT2D eigenvalue weighted by molar-refractivity contribution is 0.277. The van der Waals surface area contributed by atoms with E-state index in [1.54, 1.807) is 22.1 Å². The number of aromatic nitrogens is 5. The zero-order chi connectivity index (χ0) is 17.9. The van der Waals surface area contributed by atoms with Gasteiger partial charge < -0.3 is 4.57 Å². The number of hydrogen-bond acceptors (Lipinski definition) is 5. The van der Waals surface area contributed by atoms with Crippen LogP contribution in [0.15, 0.2) is 17.6 Å². The first-order valence-electron chi connectivity index (χ1n) is 9.38. The molecule has 140 valence electrons. The molecule has 0 bridgehead atoms. The minimum absolute atomic E-state index is 0.0256. The Hall–Kier alpha value is -1.74. The Labute approximate surface area is 153 Å². The molecule has 1 atom stereocenters. The van der Waals surface area contributed by atoms with Gasteiger partial charge in [-0.1, -0.05) is 12.8 Å². The second-order valence-electron chi connectivity index (χ2n) is 8.15. The van der Waals surface area contributed by atoms with E-state index in [1.807, 2.05) is 0 Å². The molecule has 5 rings (SSSR count). The average Bonchev–Trinajstić information content (AvgIpc) is 3.07. The number of nitrogens with zero attached hydrogens (tertiary/aromatic N) is 5. The van der Waals surface area contributed by atoms with Crippen molar-refractivity contribution in [3.63, 3.8) is 0 Å². The van der Waals surface area contributed by atoms with Gasteiger partial charge in [0.2, 0.25) is 0 Å². The van der Waals surface area contributed by atoms with Crippen LogP contribution in [0.2, 0.25) is 0 Å². The lowest BCUT2D eigenvalue weighted by Crippen LogP contribution is -2.31. The van der Waals surface area contributed by atoms with Crippen LogP contribution in [0.4, 0.5) is 0 Å². The molecule has 1 N–H and O–H groups in total. The third kappa shape index (κ3) is 2.51. The van der Waals surface area contributed by atoms with Crippen molar-refractivity contribution in [3.8, 4) is 0 Å². The zero-order valence-corrected chi connectivity index (χ0v) is 15.7. The van der Waals surface area contributed by atoms with E-state index >= 15 is 0 Å². The summed E-state index contributed by atoms with van der Waals surface area (Å²) < 4.78 is 29.5. The fourth-order valence-electron chi connectivity index (χ4n) is 4.69. The van der Waals surface area contributed by atoms with E-state index in [9.17, 15) is 8.42 Å². The number of H-pyrrole nitrogens is 1. The van der Waals surface area contributed by atoms with Crippen molar-refractivity contribution in [3.05, 3.63) is 24.2 Å². The summed E-state index contributed by atoms with van der Waals surface area (Å²) in [6, 6.07) is 0. The topological polar surface area (TPSA) is 96.8 Å². The van der Waals surface area contributed by atoms with Gasteiger partial charge in [0, 0.05) is 38.2 Å². The molecule has 0 amide bonds. The molecule has 26 heavy (non-hydrogen) atoms. The maximum Gasteiger partial charge on any atom is 0.262 e. The summed E-state index contributed by atoms with van der Waals surface area (Å²) in [4.78, 5) is 8.84. The number of aromatic amines is 1. The fourth-order valence-corrected chi connectivity index (χ4v) is 6.21. The molecule has 3 aliphatic rings. The molecule has 0 aromatic carbocycles. The van der Waals surface area contributed by atoms with Gasteiger partial charge in [-0.15, -0.1) is 0 Å². The monoisotopic (exact) mass is 376 g/mol. The molecule has 3 heterocycles. The standard InChI is InChI=1S/C17H24N6O2S/c1-22-9-14(18-11-22)26(24,25)23-8-13(17(10-23)6-2-3-7-17)16-19-15(20-21-16)12-4-5-12/h9,11-13H,2-8,10H2,1H3,(H,19,20,21). The van der Waals surface area contributed by atoms with Gasteiger partial charge in [0.05, 0.1) is 6.33 Å². The quantitative estimate of drug-likeness (QED) is 0.877. The van der Waals surface area contributed by atoms with Gasteiger partial charge >= 0.3 is 0 Å². The number of rotatable bonds is 4. The van der Waals surface area contributed by atoms with Crippen LogP contribution in [0, 0.1) is 5.41 Å². The van der Waals surface area contributed by atoms with Gasteiger partial charge in [-0.2, -0.15) is 9.40 Å². The average molecular weight is 376 g/mol. The highest BCUT2D eigenvalue weighted by molar-refractivity contribution is 7.89. The number of aryl methyl sites for hydroxylation is 1. The molecule has 1 spiro atoms. The Kier molecular flexibility index (Phi) is 3.56. The van der Waals surface area contributed by atoms with Crippen molar-refractivity contribution < 1.29 is 8.42 Å². The SMILES string of the molecule is Cn1cnc(S(=O)(=O)N2CC(c3nc(C4CC4)n[nH]3)C3(CCCC3)C2)c1. The molecule has 0 radical (unpaired) electrons. The Morgan fingerprint density at radius 3 is 2.69 bits per heavy atom. The van der Waals surface area contributed by atoms with E-state index in [2.05, 4.69) is 15.2 Å². The summed E-state index contributed by atoms with van der Waals surface area (Å²) in [6.07, 6.45) is 9.82. The van der Waals surface area contributed by atoms with Gasteiger partial charge in [-0.3, -0.25) is 5.10 Å². The largest absolute Gasteiger partial charge is 0.339 e. The minimum Gasteiger partial charge on any atom is -0.339 e. The first kappa shape index (κ1) is 16.4. The molecule has 2 aromatic rings. The van der Waals surface area contributed by atoms with Gasteiger partial charge in [-0.25, -0.2) is 18.4 Å². The number of hydrogen-bond donors (Lipinski definition) is 1. The number of nitrogens with one attached hydrogen (secondary N) is 1. The number of imidazole rings is 1. The van der Waals surface area contributed by atoms with Gasteiger partial charge in [-0.05, 0) is 31.1 Å². The normalized spacial score (nSPS) is 26.1. The molecule has 1 unspecified atom stereocenters. The van der Waals surface area contributed by atoms with Crippen molar-refractivity contribution in [2.75, 3.05) is 13.1 Å². The van der Waals surface area contributed by atoms with Crippen molar-refractivity contribution in [2.45, 2.75) is 55.4 Å². The highest BCUT2D eigenvalue weighted by Crippen LogP contribution is 2.53. The predicted octanol–water partition coefficient (Wildman–Crippen LogP) is 1.76. The van der Waals surface area contributed by atoms with Crippen LogP contribution >= 0.6 is 0 Å². The molecule has 2 aliphatic carbocycles. The van der Waals surface area contributed by atoms with E-state index in [0.29, 0.717) is 19.0 Å². The maximum atomic E-state index is 13.1.